The number of nitrogens with zero attached hydrogens (tertiary/aromatic N) is 1. The number of ether oxygens (including phenoxy) is 1. The zero-order valence-electron chi connectivity index (χ0n) is 26.0. The van der Waals surface area contributed by atoms with E-state index in [0.717, 1.165) is 44.1 Å². The molecule has 236 valence electrons. The summed E-state index contributed by atoms with van der Waals surface area (Å²) in [5, 5.41) is 31.5. The second-order valence-corrected chi connectivity index (χ2v) is 12.6. The van der Waals surface area contributed by atoms with Crippen molar-refractivity contribution in [2.75, 3.05) is 12.3 Å². The van der Waals surface area contributed by atoms with Gasteiger partial charge in [0.2, 0.25) is 0 Å². The van der Waals surface area contributed by atoms with Crippen LogP contribution < -0.4 is 10.5 Å². The van der Waals surface area contributed by atoms with E-state index < -0.39 is 12.2 Å². The molecule has 43 heavy (non-hydrogen) atoms. The quantitative estimate of drug-likeness (QED) is 0.0973. The molecule has 0 unspecified atom stereocenters. The number of unbranched alkanes of at least 4 members (excludes halogenated alkanes) is 4. The van der Waals surface area contributed by atoms with Gasteiger partial charge in [-0.3, -0.25) is 0 Å². The van der Waals surface area contributed by atoms with Crippen LogP contribution in [0.15, 0.2) is 54.9 Å². The first-order valence-corrected chi connectivity index (χ1v) is 16.6. The van der Waals surface area contributed by atoms with Gasteiger partial charge in [-0.2, -0.15) is 0 Å². The Labute approximate surface area is 257 Å². The number of benzene rings is 1. The predicted molar refractivity (Wildman–Crippen MR) is 173 cm³/mol. The summed E-state index contributed by atoms with van der Waals surface area (Å²) in [7, 11) is 0. The Bertz CT molecular complexity index is 1210. The van der Waals surface area contributed by atoms with E-state index in [1.165, 1.54) is 49.8 Å². The number of hydrogen-bond donors (Lipinski definition) is 5. The van der Waals surface area contributed by atoms with Crippen LogP contribution in [0.5, 0.6) is 11.5 Å². The number of anilines is 1. The summed E-state index contributed by atoms with van der Waals surface area (Å²) in [5.41, 5.74) is 9.53. The number of aromatic hydroxyl groups is 1. The van der Waals surface area contributed by atoms with E-state index in [1.807, 2.05) is 24.4 Å². The fourth-order valence-corrected chi connectivity index (χ4v) is 7.06. The normalized spacial score (nSPS) is 16.9. The largest absolute Gasteiger partial charge is 0.504 e. The highest BCUT2D eigenvalue weighted by Gasteiger charge is 2.42. The second kappa shape index (κ2) is 16.7. The molecule has 2 aromatic heterocycles. The van der Waals surface area contributed by atoms with Crippen molar-refractivity contribution in [2.24, 2.45) is 0 Å². The van der Waals surface area contributed by atoms with E-state index in [9.17, 15) is 15.3 Å². The molecule has 7 nitrogen and oxygen atoms in total. The third-order valence-electron chi connectivity index (χ3n) is 9.39. The van der Waals surface area contributed by atoms with Gasteiger partial charge in [0.15, 0.2) is 11.5 Å². The molecule has 7 heteroatoms. The maximum atomic E-state index is 10.6. The molecule has 6 N–H and O–H groups in total. The summed E-state index contributed by atoms with van der Waals surface area (Å²) in [6.45, 7) is 2.64. The van der Waals surface area contributed by atoms with Gasteiger partial charge >= 0.3 is 0 Å². The van der Waals surface area contributed by atoms with Crippen molar-refractivity contribution in [1.82, 2.24) is 9.97 Å². The van der Waals surface area contributed by atoms with Gasteiger partial charge in [-0.25, -0.2) is 4.98 Å². The molecule has 3 atom stereocenters. The van der Waals surface area contributed by atoms with E-state index in [1.54, 1.807) is 12.3 Å². The molecule has 0 radical (unpaired) electrons. The van der Waals surface area contributed by atoms with Gasteiger partial charge in [0.25, 0.3) is 0 Å². The number of hydrogen-bond acceptors (Lipinski definition) is 6. The van der Waals surface area contributed by atoms with Crippen molar-refractivity contribution in [1.29, 1.82) is 0 Å². The highest BCUT2D eigenvalue weighted by atomic mass is 16.5. The van der Waals surface area contributed by atoms with Crippen LogP contribution in [0, 0.1) is 0 Å². The summed E-state index contributed by atoms with van der Waals surface area (Å²) in [6.07, 6.45) is 17.5. The number of aromatic amines is 1. The number of phenols is 1. The molecule has 2 heterocycles. The third-order valence-corrected chi connectivity index (χ3v) is 9.39. The van der Waals surface area contributed by atoms with Crippen LogP contribution >= 0.6 is 0 Å². The van der Waals surface area contributed by atoms with Crippen LogP contribution in [0.4, 0.5) is 5.82 Å². The number of nitrogen functional groups attached to an aromatic ring is 1. The lowest BCUT2D eigenvalue weighted by Gasteiger charge is -2.44. The first kappa shape index (κ1) is 32.9. The van der Waals surface area contributed by atoms with Gasteiger partial charge in [0.1, 0.15) is 5.82 Å². The van der Waals surface area contributed by atoms with Crippen molar-refractivity contribution in [3.05, 3.63) is 71.7 Å². The average molecular weight is 592 g/mol. The van der Waals surface area contributed by atoms with Crippen molar-refractivity contribution in [3.8, 4) is 11.5 Å². The number of nitrogens with one attached hydrogen (secondary N) is 1. The monoisotopic (exact) mass is 591 g/mol. The average Bonchev–Trinajstić information content (AvgIpc) is 3.56. The van der Waals surface area contributed by atoms with Crippen LogP contribution in [0.1, 0.15) is 120 Å². The topological polar surface area (TPSA) is 125 Å². The predicted octanol–water partition coefficient (Wildman–Crippen LogP) is 7.56. The van der Waals surface area contributed by atoms with E-state index in [2.05, 4.69) is 35.1 Å². The van der Waals surface area contributed by atoms with Gasteiger partial charge in [-0.05, 0) is 98.4 Å². The number of aliphatic hydroxyl groups is 2. The van der Waals surface area contributed by atoms with Crippen LogP contribution in [0.2, 0.25) is 0 Å². The van der Waals surface area contributed by atoms with Crippen molar-refractivity contribution in [3.63, 3.8) is 0 Å². The number of H-pyrrole nitrogens is 1. The van der Waals surface area contributed by atoms with E-state index >= 15 is 0 Å². The van der Waals surface area contributed by atoms with Gasteiger partial charge in [-0.1, -0.05) is 64.4 Å². The number of aromatic nitrogens is 2. The maximum Gasteiger partial charge on any atom is 0.161 e. The highest BCUT2D eigenvalue weighted by molar-refractivity contribution is 5.42. The number of nitrogens with two attached hydrogens (primary N) is 1. The Morgan fingerprint density at radius 1 is 0.953 bits per heavy atom. The number of phenolic OH excluding ortho intramolecular Hbond substituents is 1. The molecule has 0 bridgehead atoms. The molecule has 0 aliphatic heterocycles. The zero-order valence-corrected chi connectivity index (χ0v) is 26.0. The van der Waals surface area contributed by atoms with Crippen molar-refractivity contribution >= 4 is 5.82 Å². The Kier molecular flexibility index (Phi) is 12.8. The molecular weight excluding hydrogens is 538 g/mol. The van der Waals surface area contributed by atoms with Crippen LogP contribution in [0.3, 0.4) is 0 Å². The van der Waals surface area contributed by atoms with Crippen LogP contribution in [-0.4, -0.2) is 44.1 Å². The number of rotatable bonds is 18. The summed E-state index contributed by atoms with van der Waals surface area (Å²) in [6, 6.07) is 13.8. The molecular formula is C36H53N3O4. The molecule has 1 saturated carbocycles. The fraction of sp³-hybridized carbons (Fsp3) is 0.583. The van der Waals surface area contributed by atoms with Crippen molar-refractivity contribution < 1.29 is 20.1 Å². The lowest BCUT2D eigenvalue weighted by Crippen LogP contribution is -2.37. The molecule has 1 aliphatic carbocycles. The number of aliphatic hydroxyl groups excluding tert-OH is 2. The fourth-order valence-electron chi connectivity index (χ4n) is 7.06. The SMILES string of the molecule is CCCCCCC[C@H](O)C[C@H](O)CCc1ccc(O)c(OCC[C@H](c2ccnc(N)c2)C2(c3ccc[nH]3)CCCCC2)c1. The standard InChI is InChI=1S/C36H53N3O4/c1-2-3-4-5-7-11-29(40)26-30(41)15-13-27-14-16-32(42)33(24-27)43-23-18-31(28-17-22-39-35(37)25-28)36(19-8-6-9-20-36)34-12-10-21-38-34/h10,12,14,16-17,21-22,24-25,29-31,38,40-42H,2-9,11,13,15,18-20,23,26H2,1H3,(H2,37,39)/t29-,30+,31+/m0/s1. The van der Waals surface area contributed by atoms with Gasteiger partial charge in [0.05, 0.1) is 18.8 Å². The molecule has 0 amide bonds. The molecule has 3 aromatic rings. The summed E-state index contributed by atoms with van der Waals surface area (Å²) in [5.74, 6) is 1.28. The first-order valence-electron chi connectivity index (χ1n) is 16.6. The summed E-state index contributed by atoms with van der Waals surface area (Å²) in [4.78, 5) is 7.77. The number of pyridine rings is 1. The van der Waals surface area contributed by atoms with Gasteiger partial charge in [-0.15, -0.1) is 0 Å². The summed E-state index contributed by atoms with van der Waals surface area (Å²) >= 11 is 0. The first-order chi connectivity index (χ1) is 20.9. The van der Waals surface area contributed by atoms with Crippen molar-refractivity contribution in [2.45, 2.75) is 127 Å². The molecule has 4 rings (SSSR count). The number of aryl methyl sites for hydroxylation is 1. The lowest BCUT2D eigenvalue weighted by atomic mass is 9.61. The van der Waals surface area contributed by atoms with Gasteiger partial charge < -0.3 is 30.8 Å². The highest BCUT2D eigenvalue weighted by Crippen LogP contribution is 2.50. The van der Waals surface area contributed by atoms with E-state index in [-0.39, 0.29) is 17.1 Å². The molecule has 0 saturated heterocycles. The maximum absolute atomic E-state index is 10.6. The lowest BCUT2D eigenvalue weighted by molar-refractivity contribution is 0.0697. The minimum Gasteiger partial charge on any atom is -0.504 e. The molecule has 1 aliphatic rings. The third kappa shape index (κ3) is 9.48. The second-order valence-electron chi connectivity index (χ2n) is 12.6. The Balaban J connectivity index is 1.37. The van der Waals surface area contributed by atoms with E-state index in [0.29, 0.717) is 37.4 Å². The molecule has 1 fully saturated rings. The minimum absolute atomic E-state index is 0.0427. The summed E-state index contributed by atoms with van der Waals surface area (Å²) < 4.78 is 6.25. The smallest absolute Gasteiger partial charge is 0.161 e. The Hall–Kier alpha value is -3.03. The molecule has 1 aromatic carbocycles. The Morgan fingerprint density at radius 2 is 1.74 bits per heavy atom. The van der Waals surface area contributed by atoms with Gasteiger partial charge in [0, 0.05) is 23.5 Å². The molecule has 0 spiro atoms. The van der Waals surface area contributed by atoms with E-state index in [4.69, 9.17) is 10.5 Å². The zero-order chi connectivity index (χ0) is 30.5. The minimum atomic E-state index is -0.558. The van der Waals surface area contributed by atoms with Crippen LogP contribution in [-0.2, 0) is 11.8 Å². The van der Waals surface area contributed by atoms with Crippen LogP contribution in [0.25, 0.3) is 0 Å². The Morgan fingerprint density at radius 3 is 2.49 bits per heavy atom.